The van der Waals surface area contributed by atoms with Gasteiger partial charge in [-0.3, -0.25) is 9.59 Å². The van der Waals surface area contributed by atoms with Crippen molar-refractivity contribution in [1.82, 2.24) is 4.90 Å². The van der Waals surface area contributed by atoms with E-state index in [1.807, 2.05) is 23.1 Å². The summed E-state index contributed by atoms with van der Waals surface area (Å²) in [5, 5.41) is -0.121. The summed E-state index contributed by atoms with van der Waals surface area (Å²) in [6, 6.07) is 10.1. The van der Waals surface area contributed by atoms with Crippen molar-refractivity contribution in [1.29, 1.82) is 0 Å². The third-order valence-electron chi connectivity index (χ3n) is 7.33. The number of hydrogen-bond acceptors (Lipinski definition) is 3. The highest BCUT2D eigenvalue weighted by atomic mass is 32.2. The number of hydrogen-bond donors (Lipinski definition) is 0. The lowest BCUT2D eigenvalue weighted by molar-refractivity contribution is -0.133. The molecular weight excluding hydrogens is 408 g/mol. The van der Waals surface area contributed by atoms with Crippen molar-refractivity contribution in [2.45, 2.75) is 76.4 Å². The predicted molar refractivity (Wildman–Crippen MR) is 126 cm³/mol. The first-order valence-corrected chi connectivity index (χ1v) is 13.7. The van der Waals surface area contributed by atoms with Crippen LogP contribution in [0.2, 0.25) is 0 Å². The zero-order valence-electron chi connectivity index (χ0n) is 19.5. The lowest BCUT2D eigenvalue weighted by Crippen LogP contribution is -2.44. The van der Waals surface area contributed by atoms with Crippen LogP contribution in [-0.2, 0) is 24.7 Å². The summed E-state index contributed by atoms with van der Waals surface area (Å²) in [5.74, 6) is 0.325. The SMILES string of the molecule is CCC1CCCC1C(=O)N=S(C)(=O)C1CCN(C(=O)CC(C)(C)c2ccccc2)CC1. The van der Waals surface area contributed by atoms with Crippen LogP contribution in [0.25, 0.3) is 0 Å². The molecule has 2 aliphatic rings. The minimum Gasteiger partial charge on any atom is -0.343 e. The zero-order valence-corrected chi connectivity index (χ0v) is 20.3. The third-order valence-corrected chi connectivity index (χ3v) is 9.58. The molecule has 0 N–H and O–H groups in total. The molecule has 31 heavy (non-hydrogen) atoms. The molecule has 0 spiro atoms. The molecule has 1 aliphatic heterocycles. The minimum absolute atomic E-state index is 0.0485. The Morgan fingerprint density at radius 3 is 2.35 bits per heavy atom. The Morgan fingerprint density at radius 2 is 1.74 bits per heavy atom. The first kappa shape index (κ1) is 24.0. The third kappa shape index (κ3) is 5.76. The molecule has 1 saturated heterocycles. The molecule has 6 heteroatoms. The second-order valence-electron chi connectivity index (χ2n) is 10.0. The van der Waals surface area contributed by atoms with E-state index >= 15 is 0 Å². The van der Waals surface area contributed by atoms with Crippen molar-refractivity contribution in [3.63, 3.8) is 0 Å². The normalized spacial score (nSPS) is 24.6. The second-order valence-corrected chi connectivity index (χ2v) is 12.6. The van der Waals surface area contributed by atoms with Crippen molar-refractivity contribution in [2.75, 3.05) is 19.3 Å². The largest absolute Gasteiger partial charge is 0.343 e. The van der Waals surface area contributed by atoms with Crippen LogP contribution in [0.4, 0.5) is 0 Å². The predicted octanol–water partition coefficient (Wildman–Crippen LogP) is 4.80. The van der Waals surface area contributed by atoms with Crippen LogP contribution in [0.15, 0.2) is 34.7 Å². The molecule has 1 aromatic carbocycles. The van der Waals surface area contributed by atoms with Crippen LogP contribution in [0, 0.1) is 11.8 Å². The minimum atomic E-state index is -2.59. The van der Waals surface area contributed by atoms with Crippen LogP contribution >= 0.6 is 0 Å². The van der Waals surface area contributed by atoms with E-state index in [2.05, 4.69) is 37.3 Å². The van der Waals surface area contributed by atoms with Gasteiger partial charge in [-0.1, -0.05) is 63.9 Å². The first-order chi connectivity index (χ1) is 14.6. The maximum atomic E-state index is 13.3. The Morgan fingerprint density at radius 1 is 1.10 bits per heavy atom. The van der Waals surface area contributed by atoms with Gasteiger partial charge in [-0.15, -0.1) is 0 Å². The Bertz CT molecular complexity index is 895. The summed E-state index contributed by atoms with van der Waals surface area (Å²) in [6.07, 6.45) is 7.38. The lowest BCUT2D eigenvalue weighted by atomic mass is 9.81. The van der Waals surface area contributed by atoms with Crippen molar-refractivity contribution >= 4 is 21.5 Å². The summed E-state index contributed by atoms with van der Waals surface area (Å²) in [5.41, 5.74) is 0.927. The maximum Gasteiger partial charge on any atom is 0.257 e. The smallest absolute Gasteiger partial charge is 0.257 e. The Hall–Kier alpha value is -1.69. The van der Waals surface area contributed by atoms with Crippen LogP contribution in [-0.4, -0.2) is 45.5 Å². The van der Waals surface area contributed by atoms with Gasteiger partial charge < -0.3 is 4.90 Å². The molecule has 172 valence electrons. The van der Waals surface area contributed by atoms with Gasteiger partial charge in [0.2, 0.25) is 5.91 Å². The second kappa shape index (κ2) is 9.85. The van der Waals surface area contributed by atoms with Crippen LogP contribution in [0.3, 0.4) is 0 Å². The molecule has 1 heterocycles. The molecule has 5 nitrogen and oxygen atoms in total. The molecule has 3 unspecified atom stereocenters. The lowest BCUT2D eigenvalue weighted by Gasteiger charge is -2.35. The number of carbonyl (C=O) groups is 2. The van der Waals surface area contributed by atoms with Crippen LogP contribution in [0.5, 0.6) is 0 Å². The number of carbonyl (C=O) groups excluding carboxylic acids is 2. The fourth-order valence-electron chi connectivity index (χ4n) is 5.20. The highest BCUT2D eigenvalue weighted by Crippen LogP contribution is 2.35. The standard InChI is InChI=1S/C25H38N2O3S/c1-5-19-10-9-13-22(19)24(29)26-31(4,30)21-14-16-27(17-15-21)23(28)18-25(2,3)20-11-7-6-8-12-20/h6-8,11-12,19,21-22H,5,9-10,13-18H2,1-4H3. The van der Waals surface area contributed by atoms with Gasteiger partial charge in [0.1, 0.15) is 0 Å². The van der Waals surface area contributed by atoms with E-state index in [4.69, 9.17) is 0 Å². The van der Waals surface area contributed by atoms with Gasteiger partial charge in [0, 0.05) is 36.9 Å². The summed E-state index contributed by atoms with van der Waals surface area (Å²) in [6.45, 7) is 7.49. The highest BCUT2D eigenvalue weighted by molar-refractivity contribution is 7.93. The number of nitrogens with zero attached hydrogens (tertiary/aromatic N) is 2. The molecule has 3 rings (SSSR count). The summed E-state index contributed by atoms with van der Waals surface area (Å²) in [4.78, 5) is 27.6. The fraction of sp³-hybridized carbons (Fsp3) is 0.680. The molecule has 0 radical (unpaired) electrons. The van der Waals surface area contributed by atoms with E-state index in [-0.39, 0.29) is 28.4 Å². The van der Waals surface area contributed by atoms with Gasteiger partial charge in [0.25, 0.3) is 5.91 Å². The number of piperidine rings is 1. The Labute approximate surface area is 188 Å². The van der Waals surface area contributed by atoms with Crippen LogP contribution < -0.4 is 0 Å². The Balaban J connectivity index is 1.58. The zero-order chi connectivity index (χ0) is 22.6. The van der Waals surface area contributed by atoms with E-state index in [9.17, 15) is 13.8 Å². The summed E-state index contributed by atoms with van der Waals surface area (Å²) in [7, 11) is -2.59. The molecule has 0 aromatic heterocycles. The monoisotopic (exact) mass is 446 g/mol. The van der Waals surface area contributed by atoms with Gasteiger partial charge in [-0.25, -0.2) is 4.21 Å². The topological polar surface area (TPSA) is 66.8 Å². The van der Waals surface area contributed by atoms with E-state index in [0.29, 0.717) is 38.3 Å². The van der Waals surface area contributed by atoms with Crippen molar-refractivity contribution in [2.24, 2.45) is 16.2 Å². The number of rotatable bonds is 6. The van der Waals surface area contributed by atoms with E-state index < -0.39 is 9.73 Å². The number of likely N-dealkylation sites (tertiary alicyclic amines) is 1. The number of benzene rings is 1. The van der Waals surface area contributed by atoms with Crippen molar-refractivity contribution in [3.8, 4) is 0 Å². The van der Waals surface area contributed by atoms with Gasteiger partial charge >= 0.3 is 0 Å². The number of amides is 2. The Kier molecular flexibility index (Phi) is 7.61. The summed E-state index contributed by atoms with van der Waals surface area (Å²) >= 11 is 0. The van der Waals surface area contributed by atoms with Gasteiger partial charge in [0.15, 0.2) is 0 Å². The molecule has 1 saturated carbocycles. The van der Waals surface area contributed by atoms with E-state index in [1.54, 1.807) is 6.26 Å². The molecule has 3 atom stereocenters. The molecular formula is C25H38N2O3S. The highest BCUT2D eigenvalue weighted by Gasteiger charge is 2.35. The fourth-order valence-corrected chi connectivity index (χ4v) is 6.92. The quantitative estimate of drug-likeness (QED) is 0.631. The van der Waals surface area contributed by atoms with E-state index in [1.165, 1.54) is 0 Å². The van der Waals surface area contributed by atoms with Gasteiger partial charge in [0.05, 0.1) is 9.73 Å². The van der Waals surface area contributed by atoms with Crippen molar-refractivity contribution in [3.05, 3.63) is 35.9 Å². The van der Waals surface area contributed by atoms with Crippen molar-refractivity contribution < 1.29 is 13.8 Å². The molecule has 2 fully saturated rings. The van der Waals surface area contributed by atoms with Gasteiger partial charge in [-0.05, 0) is 42.6 Å². The van der Waals surface area contributed by atoms with E-state index in [0.717, 1.165) is 31.2 Å². The average Bonchev–Trinajstić information content (AvgIpc) is 3.23. The maximum absolute atomic E-state index is 13.3. The average molecular weight is 447 g/mol. The molecule has 1 aliphatic carbocycles. The molecule has 2 amide bonds. The van der Waals surface area contributed by atoms with Crippen LogP contribution in [0.1, 0.15) is 71.3 Å². The summed E-state index contributed by atoms with van der Waals surface area (Å²) < 4.78 is 17.6. The molecule has 0 bridgehead atoms. The first-order valence-electron chi connectivity index (χ1n) is 11.7. The molecule has 1 aromatic rings. The van der Waals surface area contributed by atoms with Gasteiger partial charge in [-0.2, -0.15) is 4.36 Å².